The molecule has 0 unspecified atom stereocenters. The number of benzene rings is 2. The predicted octanol–water partition coefficient (Wildman–Crippen LogP) is 4.00. The molecule has 0 aliphatic rings. The summed E-state index contributed by atoms with van der Waals surface area (Å²) in [5.74, 6) is 0. The van der Waals surface area contributed by atoms with Crippen LogP contribution in [0.5, 0.6) is 0 Å². The molecule has 3 rings (SSSR count). The van der Waals surface area contributed by atoms with E-state index in [1.54, 1.807) is 11.3 Å². The van der Waals surface area contributed by atoms with E-state index in [1.165, 1.54) is 10.4 Å². The summed E-state index contributed by atoms with van der Waals surface area (Å²) in [6, 6.07) is 21.7. The van der Waals surface area contributed by atoms with Crippen LogP contribution in [-0.2, 0) is 4.57 Å². The third-order valence-electron chi connectivity index (χ3n) is 3.70. The van der Waals surface area contributed by atoms with Gasteiger partial charge in [0.2, 0.25) is 0 Å². The molecule has 1 heterocycles. The Balaban J connectivity index is 2.28. The average Bonchev–Trinajstić information content (AvgIpc) is 2.88. The number of thiophene rings is 1. The fourth-order valence-corrected chi connectivity index (χ4v) is 7.08. The molecule has 3 aromatic rings. The topological polar surface area (TPSA) is 17.1 Å². The van der Waals surface area contributed by atoms with E-state index in [2.05, 4.69) is 19.9 Å². The van der Waals surface area contributed by atoms with Crippen LogP contribution in [0.15, 0.2) is 66.7 Å². The molecule has 0 aliphatic carbocycles. The Bertz CT molecular complexity index is 728. The van der Waals surface area contributed by atoms with Crippen LogP contribution in [0.3, 0.4) is 0 Å². The van der Waals surface area contributed by atoms with Crippen LogP contribution in [-0.4, -0.2) is 0 Å². The smallest absolute Gasteiger partial charge is 0.180 e. The summed E-state index contributed by atoms with van der Waals surface area (Å²) in [6.07, 6.45) is 0. The molecular formula is C18H17OPS. The third kappa shape index (κ3) is 2.50. The van der Waals surface area contributed by atoms with Gasteiger partial charge in [-0.3, -0.25) is 0 Å². The molecule has 3 heteroatoms. The monoisotopic (exact) mass is 312 g/mol. The van der Waals surface area contributed by atoms with Gasteiger partial charge in [0, 0.05) is 15.5 Å². The normalized spacial score (nSPS) is 11.5. The summed E-state index contributed by atoms with van der Waals surface area (Å²) >= 11 is 1.65. The molecule has 0 amide bonds. The minimum Gasteiger partial charge on any atom is -0.308 e. The molecule has 0 atom stereocenters. The van der Waals surface area contributed by atoms with Gasteiger partial charge >= 0.3 is 0 Å². The van der Waals surface area contributed by atoms with E-state index < -0.39 is 7.14 Å². The van der Waals surface area contributed by atoms with E-state index in [0.717, 1.165) is 15.2 Å². The maximum absolute atomic E-state index is 14.0. The van der Waals surface area contributed by atoms with Gasteiger partial charge in [0.1, 0.15) is 0 Å². The zero-order valence-corrected chi connectivity index (χ0v) is 13.8. The molecule has 0 N–H and O–H groups in total. The summed E-state index contributed by atoms with van der Waals surface area (Å²) in [6.45, 7) is 4.17. The largest absolute Gasteiger partial charge is 0.308 e. The molecule has 0 radical (unpaired) electrons. The highest BCUT2D eigenvalue weighted by Gasteiger charge is 2.31. The van der Waals surface area contributed by atoms with Crippen molar-refractivity contribution >= 4 is 33.7 Å². The van der Waals surface area contributed by atoms with Gasteiger partial charge in [-0.1, -0.05) is 60.7 Å². The van der Waals surface area contributed by atoms with E-state index in [0.29, 0.717) is 0 Å². The molecule has 0 bridgehead atoms. The Kier molecular flexibility index (Phi) is 3.84. The SMILES string of the molecule is Cc1cc(P(=O)(c2ccccc2)c2ccccc2)sc1C. The first kappa shape index (κ1) is 14.3. The number of hydrogen-bond donors (Lipinski definition) is 0. The van der Waals surface area contributed by atoms with Gasteiger partial charge < -0.3 is 4.57 Å². The van der Waals surface area contributed by atoms with Gasteiger partial charge in [-0.25, -0.2) is 0 Å². The van der Waals surface area contributed by atoms with Crippen LogP contribution in [0.4, 0.5) is 0 Å². The molecule has 0 spiro atoms. The lowest BCUT2D eigenvalue weighted by Crippen LogP contribution is -2.23. The van der Waals surface area contributed by atoms with Crippen molar-refractivity contribution in [2.24, 2.45) is 0 Å². The van der Waals surface area contributed by atoms with Gasteiger partial charge in [-0.2, -0.15) is 0 Å². The van der Waals surface area contributed by atoms with E-state index in [4.69, 9.17) is 0 Å². The lowest BCUT2D eigenvalue weighted by molar-refractivity contribution is 0.593. The minimum absolute atomic E-state index is 0.900. The highest BCUT2D eigenvalue weighted by Crippen LogP contribution is 2.44. The average molecular weight is 312 g/mol. The second-order valence-corrected chi connectivity index (χ2v) is 9.40. The number of aryl methyl sites for hydroxylation is 2. The molecule has 0 fully saturated rings. The Morgan fingerprint density at radius 2 is 1.29 bits per heavy atom. The molecule has 21 heavy (non-hydrogen) atoms. The van der Waals surface area contributed by atoms with Crippen molar-refractivity contribution in [1.29, 1.82) is 0 Å². The summed E-state index contributed by atoms with van der Waals surface area (Å²) < 4.78 is 15.0. The third-order valence-corrected chi connectivity index (χ3v) is 8.50. The van der Waals surface area contributed by atoms with Gasteiger partial charge in [-0.15, -0.1) is 11.3 Å². The maximum Gasteiger partial charge on any atom is 0.180 e. The van der Waals surface area contributed by atoms with Crippen LogP contribution in [0, 0.1) is 13.8 Å². The van der Waals surface area contributed by atoms with Crippen molar-refractivity contribution in [3.05, 3.63) is 77.2 Å². The van der Waals surface area contributed by atoms with Gasteiger partial charge in [0.15, 0.2) is 7.14 Å². The van der Waals surface area contributed by atoms with E-state index in [-0.39, 0.29) is 0 Å². The molecule has 1 nitrogen and oxygen atoms in total. The second kappa shape index (κ2) is 5.63. The standard InChI is InChI=1S/C18H17OPS/c1-14-13-18(21-15(14)2)20(19,16-9-5-3-6-10-16)17-11-7-4-8-12-17/h3-13H,1-2H3. The van der Waals surface area contributed by atoms with Crippen LogP contribution >= 0.6 is 18.5 Å². The van der Waals surface area contributed by atoms with Crippen molar-refractivity contribution in [3.8, 4) is 0 Å². The number of hydrogen-bond acceptors (Lipinski definition) is 2. The van der Waals surface area contributed by atoms with Crippen LogP contribution in [0.1, 0.15) is 10.4 Å². The summed E-state index contributed by atoms with van der Waals surface area (Å²) in [5, 5.41) is 1.80. The fraction of sp³-hybridized carbons (Fsp3) is 0.111. The Hall–Kier alpha value is -1.63. The fourth-order valence-electron chi connectivity index (χ4n) is 2.39. The molecular weight excluding hydrogens is 295 g/mol. The van der Waals surface area contributed by atoms with Crippen molar-refractivity contribution in [3.63, 3.8) is 0 Å². The molecule has 0 aliphatic heterocycles. The second-order valence-electron chi connectivity index (χ2n) is 5.10. The highest BCUT2D eigenvalue weighted by molar-refractivity contribution is 7.89. The lowest BCUT2D eigenvalue weighted by atomic mass is 10.3. The zero-order chi connectivity index (χ0) is 14.9. The Morgan fingerprint density at radius 3 is 1.67 bits per heavy atom. The van der Waals surface area contributed by atoms with Gasteiger partial charge in [0.25, 0.3) is 0 Å². The van der Waals surface area contributed by atoms with E-state index in [1.807, 2.05) is 60.7 Å². The summed E-state index contributed by atoms with van der Waals surface area (Å²) in [7, 11) is -2.76. The predicted molar refractivity (Wildman–Crippen MR) is 93.2 cm³/mol. The van der Waals surface area contributed by atoms with Gasteiger partial charge in [-0.05, 0) is 25.5 Å². The van der Waals surface area contributed by atoms with Crippen molar-refractivity contribution < 1.29 is 4.57 Å². The minimum atomic E-state index is -2.76. The van der Waals surface area contributed by atoms with Crippen LogP contribution in [0.2, 0.25) is 0 Å². The van der Waals surface area contributed by atoms with E-state index in [9.17, 15) is 4.57 Å². The quantitative estimate of drug-likeness (QED) is 0.668. The first-order valence-corrected chi connectivity index (χ1v) is 9.43. The summed E-state index contributed by atoms with van der Waals surface area (Å²) in [5.41, 5.74) is 1.21. The Morgan fingerprint density at radius 1 is 0.810 bits per heavy atom. The van der Waals surface area contributed by atoms with Crippen molar-refractivity contribution in [2.45, 2.75) is 13.8 Å². The number of rotatable bonds is 3. The van der Waals surface area contributed by atoms with Crippen LogP contribution < -0.4 is 15.2 Å². The first-order chi connectivity index (χ1) is 10.1. The van der Waals surface area contributed by atoms with Crippen molar-refractivity contribution in [2.75, 3.05) is 0 Å². The molecule has 2 aromatic carbocycles. The Labute approximate surface area is 129 Å². The molecule has 0 saturated carbocycles. The van der Waals surface area contributed by atoms with E-state index >= 15 is 0 Å². The van der Waals surface area contributed by atoms with Gasteiger partial charge in [0.05, 0.1) is 4.62 Å². The first-order valence-electron chi connectivity index (χ1n) is 6.91. The molecule has 1 aromatic heterocycles. The lowest BCUT2D eigenvalue weighted by Gasteiger charge is -2.17. The maximum atomic E-state index is 14.0. The van der Waals surface area contributed by atoms with Crippen LogP contribution in [0.25, 0.3) is 0 Å². The summed E-state index contributed by atoms with van der Waals surface area (Å²) in [4.78, 5) is 1.23. The molecule has 0 saturated heterocycles. The zero-order valence-electron chi connectivity index (χ0n) is 12.1. The van der Waals surface area contributed by atoms with Crippen molar-refractivity contribution in [1.82, 2.24) is 0 Å². The highest BCUT2D eigenvalue weighted by atomic mass is 32.1. The molecule has 106 valence electrons.